The molecule has 0 aromatic heterocycles. The van der Waals surface area contributed by atoms with Gasteiger partial charge in [0.05, 0.1) is 12.7 Å². The van der Waals surface area contributed by atoms with E-state index in [4.69, 9.17) is 4.74 Å². The first kappa shape index (κ1) is 22.3. The molecule has 1 aliphatic rings. The van der Waals surface area contributed by atoms with E-state index in [1.807, 2.05) is 56.3 Å². The van der Waals surface area contributed by atoms with Crippen molar-refractivity contribution in [1.29, 1.82) is 0 Å². The van der Waals surface area contributed by atoms with E-state index in [0.29, 0.717) is 12.0 Å². The molecule has 0 radical (unpaired) electrons. The van der Waals surface area contributed by atoms with Crippen LogP contribution < -0.4 is 10.1 Å². The summed E-state index contributed by atoms with van der Waals surface area (Å²) in [6, 6.07) is 19.0. The zero-order valence-electron chi connectivity index (χ0n) is 18.8. The smallest absolute Gasteiger partial charge is 0.278 e. The number of carbonyl (C=O) groups is 2. The minimum Gasteiger partial charge on any atom is -0.497 e. The number of amides is 2. The molecule has 33 heavy (non-hydrogen) atoms. The van der Waals surface area contributed by atoms with Gasteiger partial charge in [0.2, 0.25) is 0 Å². The summed E-state index contributed by atoms with van der Waals surface area (Å²) >= 11 is 0. The number of hydrogen-bond acceptors (Lipinski definition) is 4. The standard InChI is InChI=1S/C27H25FN2O3/c1-17-4-13-23(18(2)16-17)29-25-24(20-7-9-21(28)10-8-20)26(31)30(27(25)32)15-14-19-5-11-22(33-3)12-6-19/h4-13,16,29H,14-15H2,1-3H3. The highest BCUT2D eigenvalue weighted by Crippen LogP contribution is 2.32. The summed E-state index contributed by atoms with van der Waals surface area (Å²) in [7, 11) is 1.60. The van der Waals surface area contributed by atoms with Gasteiger partial charge in [-0.05, 0) is 67.3 Å². The number of halogens is 1. The first-order valence-electron chi connectivity index (χ1n) is 10.7. The van der Waals surface area contributed by atoms with Crippen LogP contribution in [0.15, 0.2) is 72.4 Å². The molecule has 3 aromatic rings. The summed E-state index contributed by atoms with van der Waals surface area (Å²) < 4.78 is 18.7. The van der Waals surface area contributed by atoms with E-state index in [-0.39, 0.29) is 17.8 Å². The minimum atomic E-state index is -0.406. The van der Waals surface area contributed by atoms with Crippen molar-refractivity contribution in [3.8, 4) is 5.75 Å². The number of carbonyl (C=O) groups excluding carboxylic acids is 2. The van der Waals surface area contributed by atoms with E-state index in [2.05, 4.69) is 5.32 Å². The summed E-state index contributed by atoms with van der Waals surface area (Å²) in [4.78, 5) is 28.0. The third kappa shape index (κ3) is 4.65. The number of rotatable bonds is 7. The zero-order valence-corrected chi connectivity index (χ0v) is 18.8. The second-order valence-corrected chi connectivity index (χ2v) is 8.06. The minimum absolute atomic E-state index is 0.202. The van der Waals surface area contributed by atoms with Crippen molar-refractivity contribution < 1.29 is 18.7 Å². The van der Waals surface area contributed by atoms with Crippen molar-refractivity contribution in [2.24, 2.45) is 0 Å². The van der Waals surface area contributed by atoms with Gasteiger partial charge in [-0.3, -0.25) is 14.5 Å². The third-order valence-corrected chi connectivity index (χ3v) is 5.73. The Morgan fingerprint density at radius 2 is 1.61 bits per heavy atom. The lowest BCUT2D eigenvalue weighted by Crippen LogP contribution is -2.34. The van der Waals surface area contributed by atoms with Gasteiger partial charge in [-0.1, -0.05) is 42.0 Å². The number of aryl methyl sites for hydroxylation is 2. The van der Waals surface area contributed by atoms with E-state index in [0.717, 1.165) is 28.1 Å². The average molecular weight is 445 g/mol. The number of hydrogen-bond donors (Lipinski definition) is 1. The fourth-order valence-corrected chi connectivity index (χ4v) is 3.90. The van der Waals surface area contributed by atoms with Gasteiger partial charge in [-0.15, -0.1) is 0 Å². The van der Waals surface area contributed by atoms with Gasteiger partial charge in [0.1, 0.15) is 17.3 Å². The zero-order chi connectivity index (χ0) is 23.5. The number of anilines is 1. The molecular weight excluding hydrogens is 419 g/mol. The summed E-state index contributed by atoms with van der Waals surface area (Å²) in [6.07, 6.45) is 0.509. The van der Waals surface area contributed by atoms with Crippen LogP contribution in [0, 0.1) is 19.7 Å². The molecule has 168 valence electrons. The van der Waals surface area contributed by atoms with Crippen molar-refractivity contribution in [1.82, 2.24) is 4.90 Å². The third-order valence-electron chi connectivity index (χ3n) is 5.73. The highest BCUT2D eigenvalue weighted by atomic mass is 19.1. The van der Waals surface area contributed by atoms with Crippen LogP contribution in [0.4, 0.5) is 10.1 Å². The first-order chi connectivity index (χ1) is 15.9. The lowest BCUT2D eigenvalue weighted by atomic mass is 10.0. The Bertz CT molecular complexity index is 1230. The number of ether oxygens (including phenoxy) is 1. The fourth-order valence-electron chi connectivity index (χ4n) is 3.90. The second-order valence-electron chi connectivity index (χ2n) is 8.06. The Balaban J connectivity index is 1.65. The number of imide groups is 1. The molecule has 0 aliphatic carbocycles. The van der Waals surface area contributed by atoms with E-state index >= 15 is 0 Å². The average Bonchev–Trinajstić information content (AvgIpc) is 3.04. The van der Waals surface area contributed by atoms with Crippen LogP contribution in [0.5, 0.6) is 5.75 Å². The van der Waals surface area contributed by atoms with Crippen LogP contribution >= 0.6 is 0 Å². The summed E-state index contributed by atoms with van der Waals surface area (Å²) in [5.41, 5.74) is 4.72. The van der Waals surface area contributed by atoms with Crippen molar-refractivity contribution in [3.63, 3.8) is 0 Å². The van der Waals surface area contributed by atoms with Gasteiger partial charge < -0.3 is 10.1 Å². The number of benzene rings is 3. The normalized spacial score (nSPS) is 13.6. The molecule has 0 unspecified atom stereocenters. The Kier molecular flexibility index (Phi) is 6.27. The summed E-state index contributed by atoms with van der Waals surface area (Å²) in [5.74, 6) is -0.455. The molecule has 5 nitrogen and oxygen atoms in total. The van der Waals surface area contributed by atoms with Crippen LogP contribution in [-0.4, -0.2) is 30.4 Å². The SMILES string of the molecule is COc1ccc(CCN2C(=O)C(Nc3ccc(C)cc3C)=C(c3ccc(F)cc3)C2=O)cc1. The molecule has 0 saturated heterocycles. The van der Waals surface area contributed by atoms with Crippen LogP contribution in [-0.2, 0) is 16.0 Å². The quantitative estimate of drug-likeness (QED) is 0.528. The second kappa shape index (κ2) is 9.28. The fraction of sp³-hybridized carbons (Fsp3) is 0.185. The molecule has 0 saturated carbocycles. The number of nitrogens with zero attached hydrogens (tertiary/aromatic N) is 1. The molecular formula is C27H25FN2O3. The maximum Gasteiger partial charge on any atom is 0.278 e. The van der Waals surface area contributed by atoms with Crippen molar-refractivity contribution in [3.05, 3.63) is 100 Å². The van der Waals surface area contributed by atoms with Crippen molar-refractivity contribution >= 4 is 23.1 Å². The van der Waals surface area contributed by atoms with Gasteiger partial charge in [0.25, 0.3) is 11.8 Å². The molecule has 1 aliphatic heterocycles. The maximum absolute atomic E-state index is 13.5. The summed E-state index contributed by atoms with van der Waals surface area (Å²) in [6.45, 7) is 4.16. The van der Waals surface area contributed by atoms with E-state index < -0.39 is 17.6 Å². The van der Waals surface area contributed by atoms with Crippen molar-refractivity contribution in [2.45, 2.75) is 20.3 Å². The molecule has 3 aromatic carbocycles. The van der Waals surface area contributed by atoms with Crippen LogP contribution in [0.3, 0.4) is 0 Å². The van der Waals surface area contributed by atoms with E-state index in [1.54, 1.807) is 7.11 Å². The van der Waals surface area contributed by atoms with Gasteiger partial charge in [-0.2, -0.15) is 0 Å². The highest BCUT2D eigenvalue weighted by molar-refractivity contribution is 6.36. The van der Waals surface area contributed by atoms with Crippen LogP contribution in [0.1, 0.15) is 22.3 Å². The van der Waals surface area contributed by atoms with Gasteiger partial charge >= 0.3 is 0 Å². The highest BCUT2D eigenvalue weighted by Gasteiger charge is 2.39. The molecule has 0 atom stereocenters. The number of methoxy groups -OCH3 is 1. The monoisotopic (exact) mass is 444 g/mol. The Labute approximate surface area is 192 Å². The molecule has 1 N–H and O–H groups in total. The lowest BCUT2D eigenvalue weighted by Gasteiger charge is -2.16. The molecule has 4 rings (SSSR count). The summed E-state index contributed by atoms with van der Waals surface area (Å²) in [5, 5.41) is 3.18. The van der Waals surface area contributed by atoms with Crippen LogP contribution in [0.25, 0.3) is 5.57 Å². The lowest BCUT2D eigenvalue weighted by molar-refractivity contribution is -0.136. The molecule has 6 heteroatoms. The Hall–Kier alpha value is -3.93. The van der Waals surface area contributed by atoms with Gasteiger partial charge in [-0.25, -0.2) is 4.39 Å². The Morgan fingerprint density at radius 3 is 2.24 bits per heavy atom. The van der Waals surface area contributed by atoms with E-state index in [1.165, 1.54) is 29.2 Å². The Morgan fingerprint density at radius 1 is 0.909 bits per heavy atom. The molecule has 1 heterocycles. The molecule has 0 fully saturated rings. The van der Waals surface area contributed by atoms with Crippen molar-refractivity contribution in [2.75, 3.05) is 19.0 Å². The van der Waals surface area contributed by atoms with Gasteiger partial charge in [0, 0.05) is 12.2 Å². The predicted molar refractivity (Wildman–Crippen MR) is 126 cm³/mol. The maximum atomic E-state index is 13.5. The molecule has 2 amide bonds. The van der Waals surface area contributed by atoms with Gasteiger partial charge in [0.15, 0.2) is 0 Å². The topological polar surface area (TPSA) is 58.6 Å². The largest absolute Gasteiger partial charge is 0.497 e. The predicted octanol–water partition coefficient (Wildman–Crippen LogP) is 4.89. The van der Waals surface area contributed by atoms with E-state index in [9.17, 15) is 14.0 Å². The van der Waals surface area contributed by atoms with Crippen LogP contribution in [0.2, 0.25) is 0 Å². The number of nitrogens with one attached hydrogen (secondary N) is 1. The molecule has 0 spiro atoms. The first-order valence-corrected chi connectivity index (χ1v) is 10.7. The molecule has 0 bridgehead atoms.